The molecule has 0 saturated heterocycles. The largest absolute Gasteiger partial charge is 0.297 e. The Kier molecular flexibility index (Phi) is 4.14. The van der Waals surface area contributed by atoms with E-state index in [1.165, 1.54) is 10.4 Å². The lowest BCUT2D eigenvalue weighted by molar-refractivity contribution is 0.320. The molecule has 0 fully saturated rings. The first-order valence-electron chi connectivity index (χ1n) is 6.20. The summed E-state index contributed by atoms with van der Waals surface area (Å²) in [6, 6.07) is 0. The van der Waals surface area contributed by atoms with Crippen molar-refractivity contribution in [1.82, 2.24) is 19.7 Å². The summed E-state index contributed by atoms with van der Waals surface area (Å²) in [7, 11) is 2.14. The first-order chi connectivity index (χ1) is 8.60. The Bertz CT molecular complexity index is 515. The van der Waals surface area contributed by atoms with Gasteiger partial charge in [0.15, 0.2) is 0 Å². The topological polar surface area (TPSA) is 34.0 Å². The highest BCUT2D eigenvalue weighted by atomic mass is 32.1. The second kappa shape index (κ2) is 5.63. The van der Waals surface area contributed by atoms with Crippen LogP contribution in [0.1, 0.15) is 28.8 Å². The van der Waals surface area contributed by atoms with E-state index in [4.69, 9.17) is 0 Å². The molecule has 2 rings (SSSR count). The van der Waals surface area contributed by atoms with E-state index >= 15 is 0 Å². The van der Waals surface area contributed by atoms with Crippen molar-refractivity contribution in [2.75, 3.05) is 7.05 Å². The first kappa shape index (κ1) is 13.2. The van der Waals surface area contributed by atoms with Crippen LogP contribution in [0, 0.1) is 13.8 Å². The summed E-state index contributed by atoms with van der Waals surface area (Å²) >= 11 is 1.73. The van der Waals surface area contributed by atoms with E-state index in [1.807, 2.05) is 10.2 Å². The normalized spacial score (nSPS) is 11.4. The van der Waals surface area contributed by atoms with Gasteiger partial charge in [0.2, 0.25) is 0 Å². The maximum atomic E-state index is 4.48. The summed E-state index contributed by atoms with van der Waals surface area (Å²) in [5.74, 6) is 0. The summed E-state index contributed by atoms with van der Waals surface area (Å²) in [6.07, 6.45) is 2.14. The number of rotatable bonds is 5. The molecule has 0 spiro atoms. The van der Waals surface area contributed by atoms with Crippen molar-refractivity contribution >= 4 is 11.3 Å². The van der Waals surface area contributed by atoms with Crippen LogP contribution in [0.3, 0.4) is 0 Å². The van der Waals surface area contributed by atoms with Gasteiger partial charge in [-0.1, -0.05) is 0 Å². The summed E-state index contributed by atoms with van der Waals surface area (Å²) in [4.78, 5) is 7.94. The molecule has 0 aliphatic heterocycles. The van der Waals surface area contributed by atoms with Crippen LogP contribution < -0.4 is 0 Å². The van der Waals surface area contributed by atoms with E-state index in [9.17, 15) is 0 Å². The van der Waals surface area contributed by atoms with E-state index < -0.39 is 0 Å². The zero-order valence-corrected chi connectivity index (χ0v) is 12.3. The molecule has 0 aliphatic rings. The lowest BCUT2D eigenvalue weighted by Gasteiger charge is -2.15. The summed E-state index contributed by atoms with van der Waals surface area (Å²) < 4.78 is 2.00. The maximum absolute atomic E-state index is 4.48. The molecule has 0 radical (unpaired) electrons. The molecule has 2 aromatic heterocycles. The van der Waals surface area contributed by atoms with Gasteiger partial charge in [-0.05, 0) is 27.8 Å². The zero-order chi connectivity index (χ0) is 13.1. The molecule has 0 N–H and O–H groups in total. The highest BCUT2D eigenvalue weighted by Gasteiger charge is 2.10. The van der Waals surface area contributed by atoms with E-state index in [2.05, 4.69) is 49.0 Å². The quantitative estimate of drug-likeness (QED) is 0.832. The molecule has 5 heteroatoms. The molecule has 18 heavy (non-hydrogen) atoms. The Morgan fingerprint density at radius 3 is 2.61 bits per heavy atom. The smallest absolute Gasteiger partial charge is 0.0798 e. The first-order valence-corrected chi connectivity index (χ1v) is 7.08. The van der Waals surface area contributed by atoms with Gasteiger partial charge in [-0.25, -0.2) is 4.98 Å². The predicted molar refractivity (Wildman–Crippen MR) is 74.7 cm³/mol. The van der Waals surface area contributed by atoms with Crippen molar-refractivity contribution in [3.05, 3.63) is 33.5 Å². The molecule has 0 unspecified atom stereocenters. The number of aromatic nitrogens is 3. The van der Waals surface area contributed by atoms with Gasteiger partial charge in [0.05, 0.1) is 16.9 Å². The van der Waals surface area contributed by atoms with Gasteiger partial charge in [0, 0.05) is 36.3 Å². The molecule has 0 amide bonds. The molecule has 2 aromatic rings. The van der Waals surface area contributed by atoms with Crippen LogP contribution in [0.25, 0.3) is 0 Å². The number of aryl methyl sites for hydroxylation is 3. The number of hydrogen-bond donors (Lipinski definition) is 0. The standard InChI is InChI=1S/C13H20N4S/c1-5-17-7-12(10(2)15-17)6-16(4)8-13-11(3)14-9-18-13/h7,9H,5-6,8H2,1-4H3. The number of nitrogens with zero attached hydrogens (tertiary/aromatic N) is 4. The van der Waals surface area contributed by atoms with Crippen molar-refractivity contribution in [3.8, 4) is 0 Å². The second-order valence-electron chi connectivity index (χ2n) is 4.63. The Morgan fingerprint density at radius 1 is 1.28 bits per heavy atom. The minimum Gasteiger partial charge on any atom is -0.297 e. The lowest BCUT2D eigenvalue weighted by atomic mass is 10.2. The summed E-state index contributed by atoms with van der Waals surface area (Å²) in [5, 5.41) is 4.48. The van der Waals surface area contributed by atoms with Crippen LogP contribution in [0.2, 0.25) is 0 Å². The molecule has 0 saturated carbocycles. The highest BCUT2D eigenvalue weighted by molar-refractivity contribution is 7.09. The van der Waals surface area contributed by atoms with Crippen molar-refractivity contribution in [1.29, 1.82) is 0 Å². The van der Waals surface area contributed by atoms with Gasteiger partial charge < -0.3 is 0 Å². The fourth-order valence-corrected chi connectivity index (χ4v) is 2.80. The van der Waals surface area contributed by atoms with Crippen LogP contribution in [-0.4, -0.2) is 26.7 Å². The Hall–Kier alpha value is -1.20. The average Bonchev–Trinajstić information content (AvgIpc) is 2.87. The Labute approximate surface area is 112 Å². The van der Waals surface area contributed by atoms with E-state index in [0.717, 1.165) is 31.0 Å². The van der Waals surface area contributed by atoms with Gasteiger partial charge in [0.25, 0.3) is 0 Å². The second-order valence-corrected chi connectivity index (χ2v) is 5.57. The van der Waals surface area contributed by atoms with Crippen LogP contribution in [0.5, 0.6) is 0 Å². The third-order valence-electron chi connectivity index (χ3n) is 3.07. The van der Waals surface area contributed by atoms with Crippen LogP contribution in [-0.2, 0) is 19.6 Å². The van der Waals surface area contributed by atoms with Gasteiger partial charge in [0.1, 0.15) is 0 Å². The van der Waals surface area contributed by atoms with Crippen molar-refractivity contribution in [2.24, 2.45) is 0 Å². The monoisotopic (exact) mass is 264 g/mol. The zero-order valence-electron chi connectivity index (χ0n) is 11.5. The van der Waals surface area contributed by atoms with Gasteiger partial charge in [-0.2, -0.15) is 5.10 Å². The molecule has 0 bridgehead atoms. The van der Waals surface area contributed by atoms with E-state index in [1.54, 1.807) is 11.3 Å². The Morgan fingerprint density at radius 2 is 2.06 bits per heavy atom. The van der Waals surface area contributed by atoms with Crippen molar-refractivity contribution in [2.45, 2.75) is 40.4 Å². The molecule has 98 valence electrons. The fourth-order valence-electron chi connectivity index (χ4n) is 1.95. The molecule has 0 atom stereocenters. The van der Waals surface area contributed by atoms with E-state index in [-0.39, 0.29) is 0 Å². The molecule has 2 heterocycles. The fraction of sp³-hybridized carbons (Fsp3) is 0.538. The molecular formula is C13H20N4S. The lowest BCUT2D eigenvalue weighted by Crippen LogP contribution is -2.17. The average molecular weight is 264 g/mol. The van der Waals surface area contributed by atoms with E-state index in [0.29, 0.717) is 0 Å². The summed E-state index contributed by atoms with van der Waals surface area (Å²) in [6.45, 7) is 9.07. The number of hydrogen-bond acceptors (Lipinski definition) is 4. The summed E-state index contributed by atoms with van der Waals surface area (Å²) in [5.41, 5.74) is 5.50. The minimum atomic E-state index is 0.929. The number of thiazole rings is 1. The van der Waals surface area contributed by atoms with Gasteiger partial charge in [-0.3, -0.25) is 9.58 Å². The van der Waals surface area contributed by atoms with Crippen LogP contribution >= 0.6 is 11.3 Å². The molecule has 0 aliphatic carbocycles. The predicted octanol–water partition coefficient (Wildman–Crippen LogP) is 2.61. The highest BCUT2D eigenvalue weighted by Crippen LogP contribution is 2.16. The van der Waals surface area contributed by atoms with Crippen molar-refractivity contribution in [3.63, 3.8) is 0 Å². The third kappa shape index (κ3) is 2.97. The van der Waals surface area contributed by atoms with Gasteiger partial charge >= 0.3 is 0 Å². The van der Waals surface area contributed by atoms with Crippen molar-refractivity contribution < 1.29 is 0 Å². The van der Waals surface area contributed by atoms with Crippen LogP contribution in [0.4, 0.5) is 0 Å². The molecule has 4 nitrogen and oxygen atoms in total. The minimum absolute atomic E-state index is 0.929. The maximum Gasteiger partial charge on any atom is 0.0798 e. The molecule has 0 aromatic carbocycles. The molecular weight excluding hydrogens is 244 g/mol. The SMILES string of the molecule is CCn1cc(CN(C)Cc2scnc2C)c(C)n1. The third-order valence-corrected chi connectivity index (χ3v) is 3.99. The van der Waals surface area contributed by atoms with Gasteiger partial charge in [-0.15, -0.1) is 11.3 Å². The van der Waals surface area contributed by atoms with Crippen LogP contribution in [0.15, 0.2) is 11.7 Å². The Balaban J connectivity index is 2.00.